The molecule has 2 amide bonds. The Bertz CT molecular complexity index is 637. The maximum atomic E-state index is 12.5. The number of nitrogens with one attached hydrogen (secondary N) is 1. The van der Waals surface area contributed by atoms with E-state index in [4.69, 9.17) is 4.74 Å². The van der Waals surface area contributed by atoms with E-state index >= 15 is 0 Å². The molecule has 2 heterocycles. The number of carbonyl (C=O) groups is 2. The summed E-state index contributed by atoms with van der Waals surface area (Å²) in [6.45, 7) is 7.13. The average Bonchev–Trinajstić information content (AvgIpc) is 3.03. The second-order valence-corrected chi connectivity index (χ2v) is 7.75. The Morgan fingerprint density at radius 1 is 1.30 bits per heavy atom. The van der Waals surface area contributed by atoms with E-state index in [1.807, 2.05) is 30.3 Å². The van der Waals surface area contributed by atoms with Gasteiger partial charge in [-0.2, -0.15) is 0 Å². The van der Waals surface area contributed by atoms with Gasteiger partial charge in [-0.15, -0.1) is 0 Å². The molecule has 6 nitrogen and oxygen atoms in total. The first kappa shape index (κ1) is 19.7. The van der Waals surface area contributed by atoms with Gasteiger partial charge in [-0.1, -0.05) is 31.5 Å². The van der Waals surface area contributed by atoms with Gasteiger partial charge >= 0.3 is 6.09 Å². The van der Waals surface area contributed by atoms with E-state index in [0.717, 1.165) is 44.5 Å². The molecule has 0 aliphatic carbocycles. The molecule has 2 aliphatic heterocycles. The number of amides is 2. The van der Waals surface area contributed by atoms with Crippen LogP contribution in [0.25, 0.3) is 0 Å². The van der Waals surface area contributed by atoms with E-state index in [9.17, 15) is 9.59 Å². The lowest BCUT2D eigenvalue weighted by atomic mass is 9.96. The van der Waals surface area contributed by atoms with Gasteiger partial charge in [-0.3, -0.25) is 14.6 Å². The highest BCUT2D eigenvalue weighted by Crippen LogP contribution is 2.23. The first-order valence-electron chi connectivity index (χ1n) is 10.1. The van der Waals surface area contributed by atoms with Crippen LogP contribution in [0.3, 0.4) is 0 Å². The summed E-state index contributed by atoms with van der Waals surface area (Å²) < 4.78 is 5.57. The Labute approximate surface area is 161 Å². The summed E-state index contributed by atoms with van der Waals surface area (Å²) in [4.78, 5) is 28.7. The van der Waals surface area contributed by atoms with Crippen LogP contribution >= 0.6 is 0 Å². The van der Waals surface area contributed by atoms with Gasteiger partial charge in [0.25, 0.3) is 0 Å². The summed E-state index contributed by atoms with van der Waals surface area (Å²) in [5.74, 6) is 0.190. The molecule has 27 heavy (non-hydrogen) atoms. The lowest BCUT2D eigenvalue weighted by Gasteiger charge is -2.33. The normalized spacial score (nSPS) is 24.5. The van der Waals surface area contributed by atoms with Crippen LogP contribution < -0.4 is 10.2 Å². The smallest absolute Gasteiger partial charge is 0.414 e. The number of rotatable bonds is 7. The van der Waals surface area contributed by atoms with E-state index in [0.29, 0.717) is 13.1 Å². The van der Waals surface area contributed by atoms with Crippen LogP contribution in [-0.4, -0.2) is 55.2 Å². The average molecular weight is 373 g/mol. The predicted molar refractivity (Wildman–Crippen MR) is 106 cm³/mol. The van der Waals surface area contributed by atoms with E-state index < -0.39 is 0 Å². The highest BCUT2D eigenvalue weighted by atomic mass is 16.6. The van der Waals surface area contributed by atoms with E-state index in [1.54, 1.807) is 4.90 Å². The van der Waals surface area contributed by atoms with Crippen molar-refractivity contribution in [2.45, 2.75) is 51.7 Å². The van der Waals surface area contributed by atoms with Crippen LogP contribution in [0.2, 0.25) is 0 Å². The Morgan fingerprint density at radius 3 is 2.81 bits per heavy atom. The van der Waals surface area contributed by atoms with Crippen molar-refractivity contribution in [2.75, 3.05) is 31.1 Å². The zero-order chi connectivity index (χ0) is 19.2. The molecule has 0 aromatic heterocycles. The first-order valence-corrected chi connectivity index (χ1v) is 10.1. The molecule has 2 fully saturated rings. The van der Waals surface area contributed by atoms with E-state index in [1.165, 1.54) is 0 Å². The third-order valence-corrected chi connectivity index (χ3v) is 5.39. The number of cyclic esters (lactones) is 1. The molecule has 1 aromatic carbocycles. The van der Waals surface area contributed by atoms with Crippen molar-refractivity contribution in [1.82, 2.24) is 10.2 Å². The Balaban J connectivity index is 1.51. The highest BCUT2D eigenvalue weighted by molar-refractivity contribution is 5.89. The van der Waals surface area contributed by atoms with Crippen molar-refractivity contribution in [3.8, 4) is 0 Å². The summed E-state index contributed by atoms with van der Waals surface area (Å²) in [7, 11) is 0. The molecular formula is C21H31N3O3. The van der Waals surface area contributed by atoms with E-state index in [2.05, 4.69) is 24.1 Å². The minimum Gasteiger partial charge on any atom is -0.443 e. The molecule has 3 atom stereocenters. The number of piperidine rings is 1. The van der Waals surface area contributed by atoms with Gasteiger partial charge in [0.1, 0.15) is 6.10 Å². The second-order valence-electron chi connectivity index (χ2n) is 7.75. The van der Waals surface area contributed by atoms with Crippen LogP contribution in [0.4, 0.5) is 10.5 Å². The van der Waals surface area contributed by atoms with Crippen molar-refractivity contribution in [3.63, 3.8) is 0 Å². The van der Waals surface area contributed by atoms with Crippen molar-refractivity contribution in [2.24, 2.45) is 5.92 Å². The third kappa shape index (κ3) is 5.22. The number of carbonyl (C=O) groups excluding carboxylic acids is 2. The Kier molecular flexibility index (Phi) is 6.72. The van der Waals surface area contributed by atoms with Crippen molar-refractivity contribution < 1.29 is 14.3 Å². The zero-order valence-electron chi connectivity index (χ0n) is 16.4. The predicted octanol–water partition coefficient (Wildman–Crippen LogP) is 3.03. The fraction of sp³-hybridized carbons (Fsp3) is 0.619. The number of anilines is 1. The standard InChI is InChI=1S/C21H31N3O3/c1-3-8-16(2)22-20(25)17-9-7-12-23(13-17)14-19-15-24(21(26)27-19)18-10-5-4-6-11-18/h4-6,10-11,16-17,19H,3,7-9,12-15H2,1-2H3,(H,22,25). The molecular weight excluding hydrogens is 342 g/mol. The molecule has 1 aromatic rings. The molecule has 0 spiro atoms. The van der Waals surface area contributed by atoms with E-state index in [-0.39, 0.29) is 30.1 Å². The molecule has 2 saturated heterocycles. The van der Waals surface area contributed by atoms with Crippen LogP contribution in [0, 0.1) is 5.92 Å². The SMILES string of the molecule is CCCC(C)NC(=O)C1CCCN(CC2CN(c3ccccc3)C(=O)O2)C1. The quantitative estimate of drug-likeness (QED) is 0.798. The van der Waals surface area contributed by atoms with Gasteiger partial charge in [0.05, 0.1) is 12.5 Å². The van der Waals surface area contributed by atoms with Gasteiger partial charge in [0.15, 0.2) is 0 Å². The molecule has 3 rings (SSSR count). The number of hydrogen-bond acceptors (Lipinski definition) is 4. The molecule has 0 bridgehead atoms. The van der Waals surface area contributed by atoms with Gasteiger partial charge in [-0.05, 0) is 44.9 Å². The van der Waals surface area contributed by atoms with Gasteiger partial charge < -0.3 is 10.1 Å². The minimum absolute atomic E-state index is 0.0281. The largest absolute Gasteiger partial charge is 0.443 e. The van der Waals surface area contributed by atoms with Crippen LogP contribution in [-0.2, 0) is 9.53 Å². The van der Waals surface area contributed by atoms with Crippen molar-refractivity contribution in [3.05, 3.63) is 30.3 Å². The maximum absolute atomic E-state index is 12.5. The zero-order valence-corrected chi connectivity index (χ0v) is 16.4. The van der Waals surface area contributed by atoms with Crippen LogP contribution in [0.1, 0.15) is 39.5 Å². The van der Waals surface area contributed by atoms with Crippen molar-refractivity contribution >= 4 is 17.7 Å². The summed E-state index contributed by atoms with van der Waals surface area (Å²) in [5.41, 5.74) is 0.866. The summed E-state index contributed by atoms with van der Waals surface area (Å²) in [5, 5.41) is 3.14. The summed E-state index contributed by atoms with van der Waals surface area (Å²) in [6.07, 6.45) is 3.58. The first-order chi connectivity index (χ1) is 13.1. The second kappa shape index (κ2) is 9.22. The lowest BCUT2D eigenvalue weighted by molar-refractivity contribution is -0.127. The van der Waals surface area contributed by atoms with Crippen molar-refractivity contribution in [1.29, 1.82) is 0 Å². The van der Waals surface area contributed by atoms with Crippen LogP contribution in [0.15, 0.2) is 30.3 Å². The van der Waals surface area contributed by atoms with Gasteiger partial charge in [-0.25, -0.2) is 4.79 Å². The fourth-order valence-electron chi connectivity index (χ4n) is 4.02. The summed E-state index contributed by atoms with van der Waals surface area (Å²) in [6, 6.07) is 9.84. The summed E-state index contributed by atoms with van der Waals surface area (Å²) >= 11 is 0. The molecule has 3 unspecified atom stereocenters. The Hall–Kier alpha value is -2.08. The lowest BCUT2D eigenvalue weighted by Crippen LogP contribution is -2.47. The number of benzene rings is 1. The minimum atomic E-state index is -0.286. The molecule has 0 saturated carbocycles. The number of ether oxygens (including phenoxy) is 1. The fourth-order valence-corrected chi connectivity index (χ4v) is 4.02. The number of nitrogens with zero attached hydrogens (tertiary/aromatic N) is 2. The molecule has 2 aliphatic rings. The number of para-hydroxylation sites is 1. The topological polar surface area (TPSA) is 61.9 Å². The third-order valence-electron chi connectivity index (χ3n) is 5.39. The molecule has 148 valence electrons. The van der Waals surface area contributed by atoms with Gasteiger partial charge in [0, 0.05) is 24.8 Å². The van der Waals surface area contributed by atoms with Gasteiger partial charge in [0.2, 0.25) is 5.91 Å². The molecule has 0 radical (unpaired) electrons. The molecule has 6 heteroatoms. The monoisotopic (exact) mass is 373 g/mol. The Morgan fingerprint density at radius 2 is 2.07 bits per heavy atom. The maximum Gasteiger partial charge on any atom is 0.414 e. The highest BCUT2D eigenvalue weighted by Gasteiger charge is 2.35. The number of likely N-dealkylation sites (tertiary alicyclic amines) is 1. The molecule has 1 N–H and O–H groups in total. The number of hydrogen-bond donors (Lipinski definition) is 1. The van der Waals surface area contributed by atoms with Crippen LogP contribution in [0.5, 0.6) is 0 Å².